The van der Waals surface area contributed by atoms with Crippen LogP contribution in [-0.4, -0.2) is 25.1 Å². The van der Waals surface area contributed by atoms with E-state index in [2.05, 4.69) is 15.3 Å². The van der Waals surface area contributed by atoms with E-state index in [1.54, 1.807) is 18.5 Å². The first kappa shape index (κ1) is 12.3. The number of benzene rings is 1. The molecule has 0 unspecified atom stereocenters. The number of aromatic nitrogens is 4. The molecule has 0 atom stereocenters. The van der Waals surface area contributed by atoms with Gasteiger partial charge in [0.1, 0.15) is 5.69 Å². The summed E-state index contributed by atoms with van der Waals surface area (Å²) in [4.78, 5) is 0. The van der Waals surface area contributed by atoms with E-state index >= 15 is 0 Å². The summed E-state index contributed by atoms with van der Waals surface area (Å²) >= 11 is 0. The average Bonchev–Trinajstić information content (AvgIpc) is 2.76. The van der Waals surface area contributed by atoms with Gasteiger partial charge in [0.15, 0.2) is 11.6 Å². The highest BCUT2D eigenvalue weighted by molar-refractivity contribution is 5.58. The molecule has 5 nitrogen and oxygen atoms in total. The molecular formula is C15H14N4O. The maximum atomic E-state index is 9.79. The third-order valence-electron chi connectivity index (χ3n) is 3.19. The van der Waals surface area contributed by atoms with Crippen LogP contribution in [0.1, 0.15) is 11.4 Å². The summed E-state index contributed by atoms with van der Waals surface area (Å²) in [7, 11) is 0. The molecule has 1 aromatic carbocycles. The van der Waals surface area contributed by atoms with Crippen LogP contribution in [0.5, 0.6) is 5.75 Å². The molecule has 5 heteroatoms. The summed E-state index contributed by atoms with van der Waals surface area (Å²) in [5.41, 5.74) is 3.06. The zero-order valence-electron chi connectivity index (χ0n) is 11.3. The molecule has 0 radical (unpaired) electrons. The van der Waals surface area contributed by atoms with Crippen molar-refractivity contribution in [1.29, 1.82) is 0 Å². The van der Waals surface area contributed by atoms with Gasteiger partial charge in [0.05, 0.1) is 11.4 Å². The molecule has 20 heavy (non-hydrogen) atoms. The fourth-order valence-corrected chi connectivity index (χ4v) is 2.06. The predicted molar refractivity (Wildman–Crippen MR) is 75.7 cm³/mol. The van der Waals surface area contributed by atoms with E-state index in [0.29, 0.717) is 17.2 Å². The smallest absolute Gasteiger partial charge is 0.176 e. The lowest BCUT2D eigenvalue weighted by molar-refractivity contribution is 0.466. The minimum Gasteiger partial charge on any atom is -0.504 e. The van der Waals surface area contributed by atoms with Crippen LogP contribution in [-0.2, 0) is 0 Å². The molecule has 0 spiro atoms. The first-order chi connectivity index (χ1) is 9.66. The van der Waals surface area contributed by atoms with Crippen LogP contribution in [0, 0.1) is 13.8 Å². The summed E-state index contributed by atoms with van der Waals surface area (Å²) in [6.07, 6.45) is 0. The van der Waals surface area contributed by atoms with Crippen molar-refractivity contribution in [3.05, 3.63) is 53.9 Å². The van der Waals surface area contributed by atoms with E-state index in [4.69, 9.17) is 0 Å². The maximum absolute atomic E-state index is 9.79. The second-order valence-electron chi connectivity index (χ2n) is 4.57. The summed E-state index contributed by atoms with van der Waals surface area (Å²) in [6.45, 7) is 3.55. The van der Waals surface area contributed by atoms with Crippen LogP contribution >= 0.6 is 0 Å². The zero-order chi connectivity index (χ0) is 14.1. The van der Waals surface area contributed by atoms with Crippen LogP contribution in [0.15, 0.2) is 42.5 Å². The standard InChI is InChI=1S/C15H14N4O/c1-10-15(20)11(2)19(18-10)14-9-8-13(16-17-14)12-6-4-3-5-7-12/h3-9,20H,1-2H3. The maximum Gasteiger partial charge on any atom is 0.176 e. The Balaban J connectivity index is 1.99. The number of nitrogens with zero attached hydrogens (tertiary/aromatic N) is 4. The van der Waals surface area contributed by atoms with Gasteiger partial charge >= 0.3 is 0 Å². The lowest BCUT2D eigenvalue weighted by Gasteiger charge is -2.04. The Bertz CT molecular complexity index is 733. The average molecular weight is 266 g/mol. The van der Waals surface area contributed by atoms with E-state index in [9.17, 15) is 5.11 Å². The van der Waals surface area contributed by atoms with Gasteiger partial charge in [-0.3, -0.25) is 0 Å². The van der Waals surface area contributed by atoms with Crippen LogP contribution in [0.2, 0.25) is 0 Å². The van der Waals surface area contributed by atoms with Gasteiger partial charge < -0.3 is 5.11 Å². The van der Waals surface area contributed by atoms with Crippen molar-refractivity contribution in [2.24, 2.45) is 0 Å². The van der Waals surface area contributed by atoms with Crippen molar-refractivity contribution in [2.75, 3.05) is 0 Å². The number of hydrogen-bond acceptors (Lipinski definition) is 4. The molecule has 0 amide bonds. The minimum absolute atomic E-state index is 0.193. The lowest BCUT2D eigenvalue weighted by Crippen LogP contribution is -2.03. The number of rotatable bonds is 2. The minimum atomic E-state index is 0.193. The van der Waals surface area contributed by atoms with Gasteiger partial charge in [-0.1, -0.05) is 30.3 Å². The monoisotopic (exact) mass is 266 g/mol. The molecule has 0 aliphatic carbocycles. The van der Waals surface area contributed by atoms with Crippen molar-refractivity contribution < 1.29 is 5.11 Å². The Hall–Kier alpha value is -2.69. The van der Waals surface area contributed by atoms with Crippen molar-refractivity contribution in [3.63, 3.8) is 0 Å². The van der Waals surface area contributed by atoms with E-state index in [1.807, 2.05) is 42.5 Å². The van der Waals surface area contributed by atoms with Gasteiger partial charge in [-0.05, 0) is 26.0 Å². The topological polar surface area (TPSA) is 63.8 Å². The summed E-state index contributed by atoms with van der Waals surface area (Å²) < 4.78 is 1.59. The Morgan fingerprint density at radius 1 is 0.950 bits per heavy atom. The van der Waals surface area contributed by atoms with Gasteiger partial charge in [-0.25, -0.2) is 4.68 Å². The second-order valence-corrected chi connectivity index (χ2v) is 4.57. The Kier molecular flexibility index (Phi) is 2.95. The quantitative estimate of drug-likeness (QED) is 0.774. The van der Waals surface area contributed by atoms with Gasteiger partial charge in [0.2, 0.25) is 0 Å². The van der Waals surface area contributed by atoms with Crippen LogP contribution in [0.25, 0.3) is 17.1 Å². The van der Waals surface area contributed by atoms with Crippen LogP contribution in [0.4, 0.5) is 0 Å². The predicted octanol–water partition coefficient (Wildman–Crippen LogP) is 2.65. The summed E-state index contributed by atoms with van der Waals surface area (Å²) in [5, 5.41) is 22.4. The Labute approximate surface area is 116 Å². The molecule has 100 valence electrons. The fraction of sp³-hybridized carbons (Fsp3) is 0.133. The molecule has 2 heterocycles. The van der Waals surface area contributed by atoms with Crippen molar-refractivity contribution in [3.8, 4) is 22.8 Å². The summed E-state index contributed by atoms with van der Waals surface area (Å²) in [5.74, 6) is 0.782. The van der Waals surface area contributed by atoms with Crippen molar-refractivity contribution in [2.45, 2.75) is 13.8 Å². The SMILES string of the molecule is Cc1nn(-c2ccc(-c3ccccc3)nn2)c(C)c1O. The highest BCUT2D eigenvalue weighted by Crippen LogP contribution is 2.23. The highest BCUT2D eigenvalue weighted by atomic mass is 16.3. The van der Waals surface area contributed by atoms with E-state index < -0.39 is 0 Å². The molecule has 2 aromatic heterocycles. The number of hydrogen-bond donors (Lipinski definition) is 1. The number of aryl methyl sites for hydroxylation is 1. The van der Waals surface area contributed by atoms with Crippen molar-refractivity contribution in [1.82, 2.24) is 20.0 Å². The first-order valence-electron chi connectivity index (χ1n) is 6.31. The molecular weight excluding hydrogens is 252 g/mol. The van der Waals surface area contributed by atoms with Gasteiger partial charge in [0.25, 0.3) is 0 Å². The molecule has 0 bridgehead atoms. The molecule has 1 N–H and O–H groups in total. The van der Waals surface area contributed by atoms with Crippen LogP contribution < -0.4 is 0 Å². The fourth-order valence-electron chi connectivity index (χ4n) is 2.06. The van der Waals surface area contributed by atoms with E-state index in [1.165, 1.54) is 0 Å². The van der Waals surface area contributed by atoms with Gasteiger partial charge in [-0.2, -0.15) is 5.10 Å². The zero-order valence-corrected chi connectivity index (χ0v) is 11.3. The molecule has 0 saturated heterocycles. The molecule has 0 aliphatic heterocycles. The van der Waals surface area contributed by atoms with Gasteiger partial charge in [0, 0.05) is 5.56 Å². The highest BCUT2D eigenvalue weighted by Gasteiger charge is 2.12. The second kappa shape index (κ2) is 4.77. The molecule has 3 rings (SSSR count). The number of aromatic hydroxyl groups is 1. The Morgan fingerprint density at radius 3 is 2.25 bits per heavy atom. The molecule has 0 fully saturated rings. The molecule has 3 aromatic rings. The first-order valence-corrected chi connectivity index (χ1v) is 6.31. The van der Waals surface area contributed by atoms with Gasteiger partial charge in [-0.15, -0.1) is 10.2 Å². The van der Waals surface area contributed by atoms with E-state index in [-0.39, 0.29) is 5.75 Å². The molecule has 0 aliphatic rings. The van der Waals surface area contributed by atoms with Crippen molar-refractivity contribution >= 4 is 0 Å². The van der Waals surface area contributed by atoms with E-state index in [0.717, 1.165) is 11.3 Å². The third kappa shape index (κ3) is 2.03. The van der Waals surface area contributed by atoms with Crippen LogP contribution in [0.3, 0.4) is 0 Å². The normalized spacial score (nSPS) is 10.7. The Morgan fingerprint density at radius 2 is 1.70 bits per heavy atom. The lowest BCUT2D eigenvalue weighted by atomic mass is 10.1. The summed E-state index contributed by atoms with van der Waals surface area (Å²) in [6, 6.07) is 13.6. The largest absolute Gasteiger partial charge is 0.504 e. The molecule has 0 saturated carbocycles. The third-order valence-corrected chi connectivity index (χ3v) is 3.19.